The van der Waals surface area contributed by atoms with Gasteiger partial charge in [0.2, 0.25) is 5.91 Å². The predicted molar refractivity (Wildman–Crippen MR) is 89.0 cm³/mol. The maximum atomic E-state index is 12.5. The third-order valence-corrected chi connectivity index (χ3v) is 3.79. The summed E-state index contributed by atoms with van der Waals surface area (Å²) in [6.07, 6.45) is 11.5. The lowest BCUT2D eigenvalue weighted by Crippen LogP contribution is -2.44. The Balaban J connectivity index is 1.68. The van der Waals surface area contributed by atoms with Crippen LogP contribution in [0.5, 0.6) is 0 Å². The Labute approximate surface area is 135 Å². The van der Waals surface area contributed by atoms with E-state index in [0.29, 0.717) is 0 Å². The Kier molecular flexibility index (Phi) is 4.93. The summed E-state index contributed by atoms with van der Waals surface area (Å²) in [6, 6.07) is 7.10. The molecule has 1 saturated heterocycles. The number of piperidine rings is 1. The molecule has 1 unspecified atom stereocenters. The topological polar surface area (TPSA) is 70.5 Å². The number of hydrazone groups is 1. The molecule has 3 heterocycles. The lowest BCUT2D eigenvalue weighted by Gasteiger charge is -2.32. The smallest absolute Gasteiger partial charge is 0.248 e. The highest BCUT2D eigenvalue weighted by atomic mass is 16.2. The molecule has 2 aromatic heterocycles. The number of amides is 1. The van der Waals surface area contributed by atoms with Gasteiger partial charge in [-0.2, -0.15) is 5.10 Å². The normalized spacial score (nSPS) is 18.1. The van der Waals surface area contributed by atoms with Crippen molar-refractivity contribution in [1.29, 1.82) is 0 Å². The van der Waals surface area contributed by atoms with E-state index in [1.807, 2.05) is 17.1 Å². The van der Waals surface area contributed by atoms with Crippen LogP contribution in [0, 0.1) is 0 Å². The van der Waals surface area contributed by atoms with E-state index in [9.17, 15) is 4.79 Å². The van der Waals surface area contributed by atoms with E-state index < -0.39 is 0 Å². The van der Waals surface area contributed by atoms with Crippen LogP contribution in [0.3, 0.4) is 0 Å². The molecule has 6 heteroatoms. The zero-order chi connectivity index (χ0) is 15.9. The number of nitrogens with zero attached hydrogens (tertiary/aromatic N) is 4. The van der Waals surface area contributed by atoms with Gasteiger partial charge < -0.3 is 5.32 Å². The molecule has 6 nitrogen and oxygen atoms in total. The first kappa shape index (κ1) is 15.1. The molecule has 3 rings (SSSR count). The second kappa shape index (κ2) is 7.49. The lowest BCUT2D eigenvalue weighted by atomic mass is 10.0. The first-order chi connectivity index (χ1) is 11.3. The van der Waals surface area contributed by atoms with Gasteiger partial charge in [-0.25, -0.2) is 0 Å². The average molecular weight is 309 g/mol. The number of hydrogen-bond donors (Lipinski definition) is 1. The van der Waals surface area contributed by atoms with Crippen molar-refractivity contribution >= 4 is 17.8 Å². The minimum absolute atomic E-state index is 0.0252. The Bertz CT molecular complexity index is 659. The minimum atomic E-state index is -0.241. The van der Waals surface area contributed by atoms with E-state index >= 15 is 0 Å². The van der Waals surface area contributed by atoms with Crippen LogP contribution >= 0.6 is 0 Å². The van der Waals surface area contributed by atoms with Gasteiger partial charge in [0, 0.05) is 37.0 Å². The van der Waals surface area contributed by atoms with Gasteiger partial charge in [0.25, 0.3) is 0 Å². The SMILES string of the molecule is O=C(Nc1ccncc1)C1CCCCN1/N=C/c1ccncc1. The van der Waals surface area contributed by atoms with Crippen molar-refractivity contribution in [3.8, 4) is 0 Å². The highest BCUT2D eigenvalue weighted by Crippen LogP contribution is 2.19. The third-order valence-electron chi connectivity index (χ3n) is 3.79. The quantitative estimate of drug-likeness (QED) is 0.880. The monoisotopic (exact) mass is 309 g/mol. The Hall–Kier alpha value is -2.76. The minimum Gasteiger partial charge on any atom is -0.324 e. The van der Waals surface area contributed by atoms with Crippen LogP contribution in [-0.4, -0.2) is 39.7 Å². The van der Waals surface area contributed by atoms with Gasteiger partial charge in [-0.15, -0.1) is 0 Å². The number of rotatable bonds is 4. The van der Waals surface area contributed by atoms with Crippen LogP contribution in [0.25, 0.3) is 0 Å². The molecule has 0 spiro atoms. The maximum absolute atomic E-state index is 12.5. The van der Waals surface area contributed by atoms with Crippen LogP contribution in [0.4, 0.5) is 5.69 Å². The standard InChI is InChI=1S/C17H19N5O/c23-17(21-15-6-10-19-11-7-15)16-3-1-2-12-22(16)20-13-14-4-8-18-9-5-14/h4-11,13,16H,1-3,12H2,(H,19,21,23)/b20-13+. The summed E-state index contributed by atoms with van der Waals surface area (Å²) >= 11 is 0. The summed E-state index contributed by atoms with van der Waals surface area (Å²) in [5.41, 5.74) is 1.73. The van der Waals surface area contributed by atoms with Crippen molar-refractivity contribution in [2.45, 2.75) is 25.3 Å². The summed E-state index contributed by atoms with van der Waals surface area (Å²) in [5, 5.41) is 9.32. The molecule has 1 atom stereocenters. The number of nitrogens with one attached hydrogen (secondary N) is 1. The second-order valence-corrected chi connectivity index (χ2v) is 5.42. The van der Waals surface area contributed by atoms with Gasteiger partial charge >= 0.3 is 0 Å². The lowest BCUT2D eigenvalue weighted by molar-refractivity contribution is -0.122. The first-order valence-electron chi connectivity index (χ1n) is 7.74. The molecule has 1 N–H and O–H groups in total. The van der Waals surface area contributed by atoms with Crippen LogP contribution in [0.15, 0.2) is 54.2 Å². The molecule has 118 valence electrons. The maximum Gasteiger partial charge on any atom is 0.248 e. The molecule has 0 aliphatic carbocycles. The molecule has 2 aromatic rings. The predicted octanol–water partition coefficient (Wildman–Crippen LogP) is 2.30. The molecule has 0 saturated carbocycles. The molecule has 1 amide bonds. The average Bonchev–Trinajstić information content (AvgIpc) is 2.62. The zero-order valence-electron chi connectivity index (χ0n) is 12.8. The summed E-state index contributed by atoms with van der Waals surface area (Å²) in [5.74, 6) is -0.0252. The van der Waals surface area contributed by atoms with E-state index in [2.05, 4.69) is 20.4 Å². The van der Waals surface area contributed by atoms with E-state index in [4.69, 9.17) is 0 Å². The highest BCUT2D eigenvalue weighted by Gasteiger charge is 2.27. The summed E-state index contributed by atoms with van der Waals surface area (Å²) in [4.78, 5) is 20.5. The largest absolute Gasteiger partial charge is 0.324 e. The fourth-order valence-corrected chi connectivity index (χ4v) is 2.57. The fraction of sp³-hybridized carbons (Fsp3) is 0.294. The van der Waals surface area contributed by atoms with Gasteiger partial charge in [0.1, 0.15) is 6.04 Å². The van der Waals surface area contributed by atoms with Crippen molar-refractivity contribution < 1.29 is 4.79 Å². The molecule has 0 aromatic carbocycles. The summed E-state index contributed by atoms with van der Waals surface area (Å²) < 4.78 is 0. The number of pyridine rings is 2. The number of carbonyl (C=O) groups excluding carboxylic acids is 1. The molecule has 1 aliphatic heterocycles. The molecular formula is C17H19N5O. The van der Waals surface area contributed by atoms with Crippen molar-refractivity contribution in [2.24, 2.45) is 5.10 Å². The number of anilines is 1. The molecule has 1 aliphatic rings. The van der Waals surface area contributed by atoms with Crippen LogP contribution in [0.1, 0.15) is 24.8 Å². The molecule has 1 fully saturated rings. The Morgan fingerprint density at radius 2 is 1.83 bits per heavy atom. The van der Waals surface area contributed by atoms with Crippen molar-refractivity contribution in [2.75, 3.05) is 11.9 Å². The van der Waals surface area contributed by atoms with Crippen molar-refractivity contribution in [3.05, 3.63) is 54.6 Å². The van der Waals surface area contributed by atoms with E-state index in [1.165, 1.54) is 0 Å². The van der Waals surface area contributed by atoms with Gasteiger partial charge in [0.05, 0.1) is 6.21 Å². The van der Waals surface area contributed by atoms with Crippen LogP contribution in [-0.2, 0) is 4.79 Å². The Morgan fingerprint density at radius 1 is 1.13 bits per heavy atom. The van der Waals surface area contributed by atoms with E-state index in [0.717, 1.165) is 37.1 Å². The van der Waals surface area contributed by atoms with Crippen molar-refractivity contribution in [1.82, 2.24) is 15.0 Å². The number of carbonyl (C=O) groups is 1. The molecule has 0 bridgehead atoms. The fourth-order valence-electron chi connectivity index (χ4n) is 2.57. The van der Waals surface area contributed by atoms with E-state index in [1.54, 1.807) is 43.1 Å². The molecular weight excluding hydrogens is 290 g/mol. The summed E-state index contributed by atoms with van der Waals surface area (Å²) in [7, 11) is 0. The van der Waals surface area contributed by atoms with E-state index in [-0.39, 0.29) is 11.9 Å². The van der Waals surface area contributed by atoms with Gasteiger partial charge in [0.15, 0.2) is 0 Å². The van der Waals surface area contributed by atoms with Crippen LogP contribution < -0.4 is 5.32 Å². The van der Waals surface area contributed by atoms with Gasteiger partial charge in [-0.05, 0) is 49.1 Å². The molecule has 23 heavy (non-hydrogen) atoms. The zero-order valence-corrected chi connectivity index (χ0v) is 12.8. The summed E-state index contributed by atoms with van der Waals surface area (Å²) in [6.45, 7) is 0.788. The van der Waals surface area contributed by atoms with Gasteiger partial charge in [-0.1, -0.05) is 0 Å². The number of aromatic nitrogens is 2. The third kappa shape index (κ3) is 4.12. The first-order valence-corrected chi connectivity index (χ1v) is 7.74. The Morgan fingerprint density at radius 3 is 2.57 bits per heavy atom. The van der Waals surface area contributed by atoms with Gasteiger partial charge in [-0.3, -0.25) is 19.8 Å². The number of hydrogen-bond acceptors (Lipinski definition) is 5. The second-order valence-electron chi connectivity index (χ2n) is 5.42. The highest BCUT2D eigenvalue weighted by molar-refractivity contribution is 5.94. The molecule has 0 radical (unpaired) electrons. The van der Waals surface area contributed by atoms with Crippen molar-refractivity contribution in [3.63, 3.8) is 0 Å². The van der Waals surface area contributed by atoms with Crippen LogP contribution in [0.2, 0.25) is 0 Å².